The zero-order valence-electron chi connectivity index (χ0n) is 10.7. The van der Waals surface area contributed by atoms with Crippen LogP contribution in [-0.2, 0) is 4.84 Å². The average molecular weight is 225 g/mol. The Labute approximate surface area is 98.2 Å². The van der Waals surface area contributed by atoms with Gasteiger partial charge < -0.3 is 14.6 Å². The number of likely N-dealkylation sites (tertiary alicyclic amines) is 1. The van der Waals surface area contributed by atoms with Crippen molar-refractivity contribution in [1.29, 1.82) is 0 Å². The van der Waals surface area contributed by atoms with E-state index in [4.69, 9.17) is 4.84 Å². The van der Waals surface area contributed by atoms with E-state index in [0.29, 0.717) is 0 Å². The number of nitrogens with zero attached hydrogens (tertiary/aromatic N) is 3. The van der Waals surface area contributed by atoms with Gasteiger partial charge in [-0.05, 0) is 13.5 Å². The third-order valence-electron chi connectivity index (χ3n) is 3.66. The molecule has 4 nitrogen and oxygen atoms in total. The van der Waals surface area contributed by atoms with Crippen molar-refractivity contribution < 1.29 is 4.84 Å². The van der Waals surface area contributed by atoms with E-state index in [2.05, 4.69) is 35.9 Å². The van der Waals surface area contributed by atoms with E-state index in [-0.39, 0.29) is 5.72 Å². The first-order valence-electron chi connectivity index (χ1n) is 6.43. The standard InChI is InChI=1S/C12H23N3O/c1-4-8-15-11(5-2)13-16-12(15)6-9-14(3)10-7-12/h4-10H2,1-3H3. The van der Waals surface area contributed by atoms with E-state index in [1.165, 1.54) is 0 Å². The molecule has 0 unspecified atom stereocenters. The van der Waals surface area contributed by atoms with Gasteiger partial charge in [0.1, 0.15) is 5.84 Å². The molecule has 2 heterocycles. The lowest BCUT2D eigenvalue weighted by molar-refractivity contribution is -0.130. The molecule has 0 aromatic carbocycles. The average Bonchev–Trinajstić information content (AvgIpc) is 2.63. The Morgan fingerprint density at radius 1 is 1.31 bits per heavy atom. The number of hydrogen-bond acceptors (Lipinski definition) is 4. The molecule has 1 fully saturated rings. The first-order chi connectivity index (χ1) is 7.72. The van der Waals surface area contributed by atoms with E-state index in [1.807, 2.05) is 0 Å². The van der Waals surface area contributed by atoms with Crippen molar-refractivity contribution in [2.75, 3.05) is 26.7 Å². The summed E-state index contributed by atoms with van der Waals surface area (Å²) in [6.07, 6.45) is 4.25. The van der Waals surface area contributed by atoms with E-state index >= 15 is 0 Å². The Balaban J connectivity index is 2.10. The minimum Gasteiger partial charge on any atom is -0.365 e. The van der Waals surface area contributed by atoms with Gasteiger partial charge in [-0.15, -0.1) is 0 Å². The summed E-state index contributed by atoms with van der Waals surface area (Å²) in [4.78, 5) is 10.6. The number of amidine groups is 1. The topological polar surface area (TPSA) is 28.1 Å². The molecule has 0 aliphatic carbocycles. The molecule has 1 spiro atoms. The molecule has 2 aliphatic heterocycles. The van der Waals surface area contributed by atoms with Crippen LogP contribution < -0.4 is 0 Å². The van der Waals surface area contributed by atoms with E-state index in [1.54, 1.807) is 0 Å². The van der Waals surface area contributed by atoms with Gasteiger partial charge in [0.05, 0.1) is 0 Å². The van der Waals surface area contributed by atoms with Crippen LogP contribution in [0.1, 0.15) is 39.5 Å². The summed E-state index contributed by atoms with van der Waals surface area (Å²) in [7, 11) is 2.17. The highest BCUT2D eigenvalue weighted by atomic mass is 16.7. The van der Waals surface area contributed by atoms with Crippen molar-refractivity contribution in [3.8, 4) is 0 Å². The van der Waals surface area contributed by atoms with Crippen LogP contribution in [0, 0.1) is 0 Å². The van der Waals surface area contributed by atoms with Gasteiger partial charge >= 0.3 is 0 Å². The molecular formula is C12H23N3O. The number of hydrogen-bond donors (Lipinski definition) is 0. The number of piperidine rings is 1. The van der Waals surface area contributed by atoms with Crippen LogP contribution in [0.4, 0.5) is 0 Å². The maximum atomic E-state index is 5.79. The summed E-state index contributed by atoms with van der Waals surface area (Å²) >= 11 is 0. The minimum atomic E-state index is -0.117. The fourth-order valence-corrected chi connectivity index (χ4v) is 2.61. The zero-order valence-corrected chi connectivity index (χ0v) is 10.7. The Kier molecular flexibility index (Phi) is 3.38. The SMILES string of the molecule is CCCN1C(CC)=NOC12CCN(C)CC2. The molecule has 0 amide bonds. The van der Waals surface area contributed by atoms with Crippen molar-refractivity contribution in [2.24, 2.45) is 5.16 Å². The summed E-state index contributed by atoms with van der Waals surface area (Å²) in [6.45, 7) is 7.64. The molecule has 1 saturated heterocycles. The summed E-state index contributed by atoms with van der Waals surface area (Å²) in [5.41, 5.74) is -0.117. The summed E-state index contributed by atoms with van der Waals surface area (Å²) in [5.74, 6) is 1.13. The van der Waals surface area contributed by atoms with Crippen molar-refractivity contribution in [2.45, 2.75) is 45.3 Å². The Morgan fingerprint density at radius 3 is 2.56 bits per heavy atom. The van der Waals surface area contributed by atoms with Gasteiger partial charge in [-0.1, -0.05) is 19.0 Å². The second-order valence-corrected chi connectivity index (χ2v) is 4.85. The van der Waals surface area contributed by atoms with Gasteiger partial charge in [0.15, 0.2) is 0 Å². The molecule has 0 aromatic rings. The molecule has 0 N–H and O–H groups in total. The maximum Gasteiger partial charge on any atom is 0.213 e. The van der Waals surface area contributed by atoms with Crippen LogP contribution in [0.25, 0.3) is 0 Å². The fourth-order valence-electron chi connectivity index (χ4n) is 2.61. The van der Waals surface area contributed by atoms with E-state index < -0.39 is 0 Å². The Morgan fingerprint density at radius 2 is 2.00 bits per heavy atom. The maximum absolute atomic E-state index is 5.79. The lowest BCUT2D eigenvalue weighted by atomic mass is 9.98. The van der Waals surface area contributed by atoms with Gasteiger partial charge in [-0.3, -0.25) is 0 Å². The van der Waals surface area contributed by atoms with Crippen LogP contribution in [0.5, 0.6) is 0 Å². The molecule has 2 rings (SSSR count). The fraction of sp³-hybridized carbons (Fsp3) is 0.917. The molecular weight excluding hydrogens is 202 g/mol. The zero-order chi connectivity index (χ0) is 11.6. The summed E-state index contributed by atoms with van der Waals surface area (Å²) < 4.78 is 0. The van der Waals surface area contributed by atoms with Crippen LogP contribution in [0.2, 0.25) is 0 Å². The van der Waals surface area contributed by atoms with E-state index in [9.17, 15) is 0 Å². The molecule has 0 saturated carbocycles. The van der Waals surface area contributed by atoms with Gasteiger partial charge in [0.2, 0.25) is 5.72 Å². The molecule has 92 valence electrons. The normalized spacial score (nSPS) is 24.7. The third-order valence-corrected chi connectivity index (χ3v) is 3.66. The van der Waals surface area contributed by atoms with Gasteiger partial charge in [0.25, 0.3) is 0 Å². The molecule has 16 heavy (non-hydrogen) atoms. The Hall–Kier alpha value is -0.770. The van der Waals surface area contributed by atoms with Gasteiger partial charge in [0, 0.05) is 38.9 Å². The second-order valence-electron chi connectivity index (χ2n) is 4.85. The quantitative estimate of drug-likeness (QED) is 0.734. The molecule has 0 radical (unpaired) electrons. The van der Waals surface area contributed by atoms with Gasteiger partial charge in [-0.2, -0.15) is 0 Å². The van der Waals surface area contributed by atoms with Crippen LogP contribution in [0.15, 0.2) is 5.16 Å². The van der Waals surface area contributed by atoms with Crippen molar-refractivity contribution in [1.82, 2.24) is 9.80 Å². The first-order valence-corrected chi connectivity index (χ1v) is 6.43. The van der Waals surface area contributed by atoms with Crippen LogP contribution in [-0.4, -0.2) is 48.0 Å². The molecule has 0 atom stereocenters. The smallest absolute Gasteiger partial charge is 0.213 e. The first kappa shape index (κ1) is 11.7. The largest absolute Gasteiger partial charge is 0.365 e. The van der Waals surface area contributed by atoms with Crippen molar-refractivity contribution in [3.63, 3.8) is 0 Å². The van der Waals surface area contributed by atoms with Gasteiger partial charge in [-0.25, -0.2) is 0 Å². The predicted molar refractivity (Wildman–Crippen MR) is 65.3 cm³/mol. The number of oxime groups is 1. The minimum absolute atomic E-state index is 0.117. The lowest BCUT2D eigenvalue weighted by Gasteiger charge is -2.42. The van der Waals surface area contributed by atoms with Crippen molar-refractivity contribution >= 4 is 5.84 Å². The highest BCUT2D eigenvalue weighted by Crippen LogP contribution is 2.35. The number of rotatable bonds is 3. The lowest BCUT2D eigenvalue weighted by Crippen LogP contribution is -2.54. The predicted octanol–water partition coefficient (Wildman–Crippen LogP) is 1.87. The van der Waals surface area contributed by atoms with Crippen LogP contribution in [0.3, 0.4) is 0 Å². The van der Waals surface area contributed by atoms with Crippen LogP contribution >= 0.6 is 0 Å². The second kappa shape index (κ2) is 4.62. The molecule has 0 aromatic heterocycles. The van der Waals surface area contributed by atoms with E-state index in [0.717, 1.165) is 51.2 Å². The summed E-state index contributed by atoms with van der Waals surface area (Å²) in [6, 6.07) is 0. The highest BCUT2D eigenvalue weighted by molar-refractivity contribution is 5.83. The highest BCUT2D eigenvalue weighted by Gasteiger charge is 2.46. The Bertz CT molecular complexity index is 269. The monoisotopic (exact) mass is 225 g/mol. The molecule has 4 heteroatoms. The summed E-state index contributed by atoms with van der Waals surface area (Å²) in [5, 5.41) is 4.28. The molecule has 2 aliphatic rings. The molecule has 0 bridgehead atoms. The van der Waals surface area contributed by atoms with Crippen molar-refractivity contribution in [3.05, 3.63) is 0 Å². The third kappa shape index (κ3) is 1.90.